The van der Waals surface area contributed by atoms with Crippen LogP contribution >= 0.6 is 0 Å². The van der Waals surface area contributed by atoms with Crippen LogP contribution in [0.1, 0.15) is 55.2 Å². The van der Waals surface area contributed by atoms with Crippen molar-refractivity contribution in [2.24, 2.45) is 11.8 Å². The molecular weight excluding hydrogens is 348 g/mol. The van der Waals surface area contributed by atoms with E-state index in [0.717, 1.165) is 36.8 Å². The van der Waals surface area contributed by atoms with Gasteiger partial charge in [-0.15, -0.1) is 0 Å². The summed E-state index contributed by atoms with van der Waals surface area (Å²) in [6, 6.07) is 18.6. The van der Waals surface area contributed by atoms with E-state index in [2.05, 4.69) is 24.3 Å². The molecule has 0 aromatic heterocycles. The first kappa shape index (κ1) is 20.3. The van der Waals surface area contributed by atoms with E-state index in [9.17, 15) is 9.59 Å². The summed E-state index contributed by atoms with van der Waals surface area (Å²) in [5, 5.41) is 0. The van der Waals surface area contributed by atoms with Gasteiger partial charge in [0, 0.05) is 5.92 Å². The number of rotatable bonds is 7. The van der Waals surface area contributed by atoms with Crippen molar-refractivity contribution in [2.75, 3.05) is 6.61 Å². The topological polar surface area (TPSA) is 43.4 Å². The van der Waals surface area contributed by atoms with E-state index in [1.165, 1.54) is 5.56 Å². The highest BCUT2D eigenvalue weighted by atomic mass is 16.5. The number of carbonyl (C=O) groups is 2. The summed E-state index contributed by atoms with van der Waals surface area (Å²) in [5.41, 5.74) is 3.51. The average molecular weight is 379 g/mol. The van der Waals surface area contributed by atoms with Crippen molar-refractivity contribution in [1.82, 2.24) is 0 Å². The fraction of sp³-hybridized carbons (Fsp3) is 0.440. The second-order valence-electron chi connectivity index (χ2n) is 7.86. The summed E-state index contributed by atoms with van der Waals surface area (Å²) >= 11 is 0. The maximum absolute atomic E-state index is 13.2. The lowest BCUT2D eigenvalue weighted by atomic mass is 9.74. The number of carbonyl (C=O) groups excluding carboxylic acids is 2. The quantitative estimate of drug-likeness (QED) is 0.487. The smallest absolute Gasteiger partial charge is 0.316 e. The normalized spacial score (nSPS) is 20.4. The lowest BCUT2D eigenvalue weighted by Gasteiger charge is -2.30. The first-order chi connectivity index (χ1) is 13.6. The van der Waals surface area contributed by atoms with Crippen LogP contribution in [0.5, 0.6) is 0 Å². The summed E-state index contributed by atoms with van der Waals surface area (Å²) in [4.78, 5) is 25.8. The van der Waals surface area contributed by atoms with Gasteiger partial charge < -0.3 is 4.74 Å². The zero-order chi connectivity index (χ0) is 19.9. The van der Waals surface area contributed by atoms with Crippen molar-refractivity contribution in [3.8, 4) is 0 Å². The third kappa shape index (κ3) is 5.09. The largest absolute Gasteiger partial charge is 0.465 e. The number of hydrogen-bond acceptors (Lipinski definition) is 3. The summed E-state index contributed by atoms with van der Waals surface area (Å²) < 4.78 is 5.25. The number of esters is 1. The number of aryl methyl sites for hydroxylation is 1. The summed E-state index contributed by atoms with van der Waals surface area (Å²) in [5.74, 6) is -0.534. The predicted molar refractivity (Wildman–Crippen MR) is 111 cm³/mol. The van der Waals surface area contributed by atoms with Crippen LogP contribution in [0.15, 0.2) is 54.6 Å². The fourth-order valence-electron chi connectivity index (χ4n) is 4.34. The number of hydrogen-bond donors (Lipinski definition) is 0. The molecule has 0 radical (unpaired) electrons. The Morgan fingerprint density at radius 1 is 1.00 bits per heavy atom. The Balaban J connectivity index is 1.68. The Morgan fingerprint density at radius 3 is 2.36 bits per heavy atom. The number of ether oxygens (including phenoxy) is 1. The average Bonchev–Trinajstić information content (AvgIpc) is 2.72. The van der Waals surface area contributed by atoms with Crippen LogP contribution in [-0.4, -0.2) is 18.4 Å². The second-order valence-corrected chi connectivity index (χ2v) is 7.86. The van der Waals surface area contributed by atoms with E-state index in [1.807, 2.05) is 37.3 Å². The fourth-order valence-corrected chi connectivity index (χ4v) is 4.34. The summed E-state index contributed by atoms with van der Waals surface area (Å²) in [7, 11) is 0. The molecule has 0 bridgehead atoms. The molecule has 28 heavy (non-hydrogen) atoms. The molecule has 3 rings (SSSR count). The van der Waals surface area contributed by atoms with Crippen molar-refractivity contribution in [1.29, 1.82) is 0 Å². The number of ketones is 1. The van der Waals surface area contributed by atoms with E-state index in [4.69, 9.17) is 4.74 Å². The molecule has 1 atom stereocenters. The Kier molecular flexibility index (Phi) is 7.02. The predicted octanol–water partition coefficient (Wildman–Crippen LogP) is 5.26. The highest BCUT2D eigenvalue weighted by Crippen LogP contribution is 2.37. The first-order valence-electron chi connectivity index (χ1n) is 10.4. The molecular formula is C25H30O3. The second kappa shape index (κ2) is 9.68. The molecule has 0 aliphatic heterocycles. The molecule has 0 amide bonds. The molecule has 1 saturated carbocycles. The van der Waals surface area contributed by atoms with Crippen LogP contribution in [-0.2, 0) is 20.7 Å². The molecule has 0 N–H and O–H groups in total. The minimum absolute atomic E-state index is 0.0424. The van der Waals surface area contributed by atoms with Crippen molar-refractivity contribution >= 4 is 11.8 Å². The van der Waals surface area contributed by atoms with Crippen LogP contribution in [0.3, 0.4) is 0 Å². The van der Waals surface area contributed by atoms with Crippen LogP contribution < -0.4 is 0 Å². The lowest BCUT2D eigenvalue weighted by Crippen LogP contribution is -2.34. The molecule has 2 aromatic carbocycles. The summed E-state index contributed by atoms with van der Waals surface area (Å²) in [6.07, 6.45) is 4.13. The minimum Gasteiger partial charge on any atom is -0.465 e. The third-order valence-corrected chi connectivity index (χ3v) is 5.84. The van der Waals surface area contributed by atoms with Crippen LogP contribution in [0.25, 0.3) is 0 Å². The Bertz CT molecular complexity index is 788. The van der Waals surface area contributed by atoms with E-state index in [-0.39, 0.29) is 17.7 Å². The zero-order valence-corrected chi connectivity index (χ0v) is 16.9. The molecule has 2 aromatic rings. The van der Waals surface area contributed by atoms with Crippen molar-refractivity contribution in [3.63, 3.8) is 0 Å². The molecule has 0 heterocycles. The van der Waals surface area contributed by atoms with Crippen LogP contribution in [0.4, 0.5) is 0 Å². The van der Waals surface area contributed by atoms with Crippen molar-refractivity contribution in [2.45, 2.75) is 51.9 Å². The van der Waals surface area contributed by atoms with Gasteiger partial charge >= 0.3 is 5.97 Å². The molecule has 1 aliphatic carbocycles. The minimum atomic E-state index is -0.694. The van der Waals surface area contributed by atoms with Crippen molar-refractivity contribution in [3.05, 3.63) is 71.3 Å². The molecule has 1 unspecified atom stereocenters. The van der Waals surface area contributed by atoms with Crippen LogP contribution in [0.2, 0.25) is 0 Å². The zero-order valence-electron chi connectivity index (χ0n) is 16.9. The summed E-state index contributed by atoms with van der Waals surface area (Å²) in [6.45, 7) is 4.11. The highest BCUT2D eigenvalue weighted by Gasteiger charge is 2.35. The van der Waals surface area contributed by atoms with Crippen molar-refractivity contribution < 1.29 is 14.3 Å². The highest BCUT2D eigenvalue weighted by molar-refractivity contribution is 6.00. The van der Waals surface area contributed by atoms with Gasteiger partial charge in [-0.1, -0.05) is 60.2 Å². The van der Waals surface area contributed by atoms with Gasteiger partial charge in [0.15, 0.2) is 5.78 Å². The molecule has 0 saturated heterocycles. The molecule has 1 aliphatic rings. The maximum atomic E-state index is 13.2. The van der Waals surface area contributed by atoms with Gasteiger partial charge in [0.2, 0.25) is 0 Å². The Labute approximate surface area is 168 Å². The maximum Gasteiger partial charge on any atom is 0.316 e. The third-order valence-electron chi connectivity index (χ3n) is 5.84. The van der Waals surface area contributed by atoms with E-state index < -0.39 is 5.92 Å². The Morgan fingerprint density at radius 2 is 1.71 bits per heavy atom. The van der Waals surface area contributed by atoms with Gasteiger partial charge in [0.25, 0.3) is 0 Å². The van der Waals surface area contributed by atoms with Gasteiger partial charge in [-0.3, -0.25) is 9.59 Å². The number of Topliss-reactive ketones (excluding diaryl/α,β-unsaturated/α-hetero) is 1. The van der Waals surface area contributed by atoms with E-state index in [0.29, 0.717) is 18.9 Å². The SMILES string of the molecule is CCOC(=O)C(Cc1cccc(C)c1)C(=O)C1CCC(c2ccccc2)CC1. The lowest BCUT2D eigenvalue weighted by molar-refractivity contribution is -0.152. The van der Waals surface area contributed by atoms with Gasteiger partial charge in [-0.2, -0.15) is 0 Å². The molecule has 0 spiro atoms. The number of benzene rings is 2. The first-order valence-corrected chi connectivity index (χ1v) is 10.4. The Hall–Kier alpha value is -2.42. The van der Waals surface area contributed by atoms with Gasteiger partial charge in [-0.05, 0) is 63.0 Å². The molecule has 1 fully saturated rings. The molecule has 3 nitrogen and oxygen atoms in total. The van der Waals surface area contributed by atoms with E-state index >= 15 is 0 Å². The standard InChI is InChI=1S/C25H30O3/c1-3-28-25(27)23(17-19-9-7-8-18(2)16-19)24(26)22-14-12-21(13-15-22)20-10-5-4-6-11-20/h4-11,16,21-23H,3,12-15,17H2,1-2H3. The van der Waals surface area contributed by atoms with Gasteiger partial charge in [-0.25, -0.2) is 0 Å². The van der Waals surface area contributed by atoms with Crippen LogP contribution in [0, 0.1) is 18.8 Å². The van der Waals surface area contributed by atoms with Gasteiger partial charge in [0.1, 0.15) is 5.92 Å². The van der Waals surface area contributed by atoms with Gasteiger partial charge in [0.05, 0.1) is 6.61 Å². The molecule has 148 valence electrons. The van der Waals surface area contributed by atoms with E-state index in [1.54, 1.807) is 6.92 Å². The monoisotopic (exact) mass is 378 g/mol. The molecule has 3 heteroatoms.